The molecule has 0 radical (unpaired) electrons. The fourth-order valence-corrected chi connectivity index (χ4v) is 2.96. The van der Waals surface area contributed by atoms with E-state index in [-0.39, 0.29) is 5.82 Å². The van der Waals surface area contributed by atoms with Crippen LogP contribution in [0.5, 0.6) is 0 Å². The zero-order valence-corrected chi connectivity index (χ0v) is 12.7. The van der Waals surface area contributed by atoms with Crippen LogP contribution in [0.25, 0.3) is 0 Å². The van der Waals surface area contributed by atoms with E-state index in [2.05, 4.69) is 20.3 Å². The summed E-state index contributed by atoms with van der Waals surface area (Å²) >= 11 is 4.46. The Morgan fingerprint density at radius 2 is 2.12 bits per heavy atom. The Hall–Kier alpha value is -0.0700. The molecular formula is C10H13BrFNOS2. The number of hydrogen-bond donors (Lipinski definition) is 0. The number of rotatable bonds is 2. The van der Waals surface area contributed by atoms with Crippen molar-refractivity contribution in [3.8, 4) is 0 Å². The third kappa shape index (κ3) is 3.46. The molecule has 0 bridgehead atoms. The van der Waals surface area contributed by atoms with Gasteiger partial charge >= 0.3 is 0 Å². The minimum absolute atomic E-state index is 0.330. The Morgan fingerprint density at radius 1 is 1.56 bits per heavy atom. The van der Waals surface area contributed by atoms with E-state index in [1.54, 1.807) is 6.92 Å². The van der Waals surface area contributed by atoms with Gasteiger partial charge in [0, 0.05) is 0 Å². The highest BCUT2D eigenvalue weighted by Crippen LogP contribution is 2.27. The van der Waals surface area contributed by atoms with Crippen molar-refractivity contribution in [3.63, 3.8) is 0 Å². The fourth-order valence-electron chi connectivity index (χ4n) is 0.890. The minimum atomic E-state index is -1.35. The molecule has 2 nitrogen and oxygen atoms in total. The van der Waals surface area contributed by atoms with Gasteiger partial charge in [0.2, 0.25) is 0 Å². The summed E-state index contributed by atoms with van der Waals surface area (Å²) in [5, 5.41) is 0. The molecule has 1 heterocycles. The van der Waals surface area contributed by atoms with Crippen molar-refractivity contribution in [2.45, 2.75) is 32.4 Å². The molecule has 6 heteroatoms. The van der Waals surface area contributed by atoms with Crippen LogP contribution in [0.15, 0.2) is 14.3 Å². The molecule has 0 amide bonds. The Kier molecular flexibility index (Phi) is 4.42. The van der Waals surface area contributed by atoms with Gasteiger partial charge < -0.3 is 0 Å². The molecule has 0 aliphatic heterocycles. The van der Waals surface area contributed by atoms with Gasteiger partial charge in [-0.15, -0.1) is 11.3 Å². The van der Waals surface area contributed by atoms with Crippen LogP contribution >= 0.6 is 27.3 Å². The maximum Gasteiger partial charge on any atom is 0.145 e. The van der Waals surface area contributed by atoms with E-state index >= 15 is 0 Å². The summed E-state index contributed by atoms with van der Waals surface area (Å²) in [5.41, 5.74) is 0.474. The van der Waals surface area contributed by atoms with E-state index in [1.807, 2.05) is 20.8 Å². The first-order valence-corrected chi connectivity index (χ1v) is 7.36. The number of hydrogen-bond acceptors (Lipinski definition) is 2. The Labute approximate surface area is 110 Å². The molecule has 16 heavy (non-hydrogen) atoms. The van der Waals surface area contributed by atoms with Crippen LogP contribution in [0.4, 0.5) is 4.39 Å². The maximum absolute atomic E-state index is 13.4. The molecule has 0 spiro atoms. The van der Waals surface area contributed by atoms with E-state index in [0.717, 1.165) is 0 Å². The smallest absolute Gasteiger partial charge is 0.145 e. The maximum atomic E-state index is 13.4. The molecule has 90 valence electrons. The molecule has 1 rings (SSSR count). The second kappa shape index (κ2) is 5.06. The predicted octanol–water partition coefficient (Wildman–Crippen LogP) is 3.92. The molecule has 1 unspecified atom stereocenters. The third-order valence-corrected chi connectivity index (χ3v) is 4.94. The molecule has 0 aromatic carbocycles. The van der Waals surface area contributed by atoms with Crippen molar-refractivity contribution < 1.29 is 8.60 Å². The number of nitrogens with zero attached hydrogens (tertiary/aromatic N) is 1. The van der Waals surface area contributed by atoms with Crippen LogP contribution in [0, 0.1) is 5.82 Å². The zero-order valence-electron chi connectivity index (χ0n) is 9.51. The molecule has 1 aromatic heterocycles. The summed E-state index contributed by atoms with van der Waals surface area (Å²) in [7, 11) is -1.35. The summed E-state index contributed by atoms with van der Waals surface area (Å²) in [6.07, 6.45) is 0. The van der Waals surface area contributed by atoms with Crippen LogP contribution in [0.3, 0.4) is 0 Å². The summed E-state index contributed by atoms with van der Waals surface area (Å²) in [6.45, 7) is 7.17. The monoisotopic (exact) mass is 325 g/mol. The highest BCUT2D eigenvalue weighted by molar-refractivity contribution is 9.11. The zero-order chi connectivity index (χ0) is 12.5. The second-order valence-corrected chi connectivity index (χ2v) is 8.60. The van der Waals surface area contributed by atoms with Crippen molar-refractivity contribution in [2.75, 3.05) is 0 Å². The largest absolute Gasteiger partial charge is 0.234 e. The SMILES string of the molecule is CC(=NS(=O)C(C)(C)C)c1sc(Br)cc1F. The van der Waals surface area contributed by atoms with Gasteiger partial charge in [0.25, 0.3) is 0 Å². The van der Waals surface area contributed by atoms with Crippen molar-refractivity contribution >= 4 is 44.0 Å². The predicted molar refractivity (Wildman–Crippen MR) is 72.1 cm³/mol. The molecular weight excluding hydrogens is 313 g/mol. The average molecular weight is 326 g/mol. The molecule has 0 saturated carbocycles. The van der Waals surface area contributed by atoms with Gasteiger partial charge in [0.05, 0.1) is 19.1 Å². The van der Waals surface area contributed by atoms with E-state index in [9.17, 15) is 8.60 Å². The van der Waals surface area contributed by atoms with E-state index < -0.39 is 15.7 Å². The molecule has 0 aliphatic carbocycles. The minimum Gasteiger partial charge on any atom is -0.234 e. The van der Waals surface area contributed by atoms with Gasteiger partial charge in [-0.05, 0) is 49.7 Å². The molecule has 1 atom stereocenters. The van der Waals surface area contributed by atoms with Gasteiger partial charge in [-0.3, -0.25) is 0 Å². The van der Waals surface area contributed by atoms with Crippen molar-refractivity contribution in [1.29, 1.82) is 0 Å². The standard InChI is InChI=1S/C10H13BrFNOS2/c1-6(13-16(14)10(2,3)4)9-7(12)5-8(11)15-9/h5H,1-4H3. The molecule has 0 aliphatic rings. The van der Waals surface area contributed by atoms with E-state index in [0.29, 0.717) is 14.4 Å². The lowest BCUT2D eigenvalue weighted by molar-refractivity contribution is 0.630. The van der Waals surface area contributed by atoms with Gasteiger partial charge in [-0.25, -0.2) is 8.60 Å². The van der Waals surface area contributed by atoms with Crippen LogP contribution in [-0.4, -0.2) is 14.7 Å². The lowest BCUT2D eigenvalue weighted by Crippen LogP contribution is -2.20. The lowest BCUT2D eigenvalue weighted by Gasteiger charge is -2.13. The highest BCUT2D eigenvalue weighted by atomic mass is 79.9. The van der Waals surface area contributed by atoms with E-state index in [1.165, 1.54) is 17.4 Å². The van der Waals surface area contributed by atoms with Crippen molar-refractivity contribution in [3.05, 3.63) is 20.5 Å². The molecule has 0 saturated heterocycles. The Morgan fingerprint density at radius 3 is 2.50 bits per heavy atom. The van der Waals surface area contributed by atoms with Gasteiger partial charge in [0.1, 0.15) is 16.8 Å². The first-order valence-electron chi connectivity index (χ1n) is 4.64. The molecule has 0 N–H and O–H groups in total. The first kappa shape index (κ1) is 14.0. The topological polar surface area (TPSA) is 29.4 Å². The quantitative estimate of drug-likeness (QED) is 0.758. The van der Waals surface area contributed by atoms with Crippen LogP contribution in [-0.2, 0) is 11.0 Å². The Bertz CT molecular complexity index is 448. The normalized spacial score (nSPS) is 15.2. The summed E-state index contributed by atoms with van der Waals surface area (Å²) in [4.78, 5) is 0.435. The molecule has 1 aromatic rings. The summed E-state index contributed by atoms with van der Waals surface area (Å²) < 4.78 is 29.5. The van der Waals surface area contributed by atoms with Gasteiger partial charge in [-0.1, -0.05) is 0 Å². The lowest BCUT2D eigenvalue weighted by atomic mass is 10.3. The van der Waals surface area contributed by atoms with Crippen LogP contribution in [0.1, 0.15) is 32.6 Å². The Balaban J connectivity index is 3.03. The van der Waals surface area contributed by atoms with Crippen LogP contribution in [0.2, 0.25) is 0 Å². The van der Waals surface area contributed by atoms with Crippen molar-refractivity contribution in [1.82, 2.24) is 0 Å². The summed E-state index contributed by atoms with van der Waals surface area (Å²) in [5.74, 6) is -0.330. The highest BCUT2D eigenvalue weighted by Gasteiger charge is 2.20. The van der Waals surface area contributed by atoms with Crippen molar-refractivity contribution in [2.24, 2.45) is 4.40 Å². The number of halogens is 2. The molecule has 0 fully saturated rings. The van der Waals surface area contributed by atoms with Gasteiger partial charge in [-0.2, -0.15) is 4.40 Å². The first-order chi connectivity index (χ1) is 7.21. The fraction of sp³-hybridized carbons (Fsp3) is 0.500. The van der Waals surface area contributed by atoms with E-state index in [4.69, 9.17) is 0 Å². The summed E-state index contributed by atoms with van der Waals surface area (Å²) in [6, 6.07) is 1.39. The van der Waals surface area contributed by atoms with Crippen LogP contribution < -0.4 is 0 Å². The van der Waals surface area contributed by atoms with Gasteiger partial charge in [0.15, 0.2) is 0 Å². The average Bonchev–Trinajstić information content (AvgIpc) is 2.43. The number of thiophene rings is 1. The second-order valence-electron chi connectivity index (χ2n) is 4.27. The third-order valence-electron chi connectivity index (χ3n) is 1.73.